The fourth-order valence-electron chi connectivity index (χ4n) is 1.08. The average molecular weight is 231 g/mol. The Hall–Kier alpha value is -2.67. The number of methoxy groups -OCH3 is 1. The number of esters is 1. The molecular formula is C10H9N5O2. The molecule has 0 bridgehead atoms. The van der Waals surface area contributed by atoms with E-state index in [0.717, 1.165) is 0 Å². The van der Waals surface area contributed by atoms with Gasteiger partial charge >= 0.3 is 5.97 Å². The van der Waals surface area contributed by atoms with Gasteiger partial charge in [0.15, 0.2) is 5.69 Å². The fraction of sp³-hybridized carbons (Fsp3) is 0.300. The molecule has 17 heavy (non-hydrogen) atoms. The molecule has 0 saturated heterocycles. The number of carbonyl (C=O) groups excluding carboxylic acids is 1. The predicted octanol–water partition coefficient (Wildman–Crippen LogP) is 0.117. The van der Waals surface area contributed by atoms with Crippen molar-refractivity contribution in [3.8, 4) is 12.1 Å². The summed E-state index contributed by atoms with van der Waals surface area (Å²) in [5.74, 6) is -0.225. The van der Waals surface area contributed by atoms with Crippen LogP contribution in [-0.2, 0) is 4.74 Å². The molecule has 0 unspecified atom stereocenters. The summed E-state index contributed by atoms with van der Waals surface area (Å²) in [6.45, 7) is 0.0552. The van der Waals surface area contributed by atoms with E-state index in [1.165, 1.54) is 24.4 Å². The highest BCUT2D eigenvalue weighted by atomic mass is 16.5. The van der Waals surface area contributed by atoms with Gasteiger partial charge in [0, 0.05) is 0 Å². The molecule has 1 rings (SSSR count). The van der Waals surface area contributed by atoms with Gasteiger partial charge in [-0.15, -0.1) is 0 Å². The van der Waals surface area contributed by atoms with Crippen LogP contribution in [0.25, 0.3) is 0 Å². The summed E-state index contributed by atoms with van der Waals surface area (Å²) in [4.78, 5) is 20.3. The summed E-state index contributed by atoms with van der Waals surface area (Å²) in [5.41, 5.74) is 0.0742. The van der Waals surface area contributed by atoms with Crippen LogP contribution in [0, 0.1) is 22.7 Å². The fourth-order valence-corrected chi connectivity index (χ4v) is 1.08. The topological polar surface area (TPSA) is 103 Å². The van der Waals surface area contributed by atoms with Crippen LogP contribution in [0.1, 0.15) is 10.5 Å². The van der Waals surface area contributed by atoms with Crippen molar-refractivity contribution in [1.82, 2.24) is 9.97 Å². The lowest BCUT2D eigenvalue weighted by Gasteiger charge is -2.15. The second-order valence-corrected chi connectivity index (χ2v) is 2.92. The van der Waals surface area contributed by atoms with Crippen LogP contribution < -0.4 is 4.90 Å². The van der Waals surface area contributed by atoms with Crippen LogP contribution in [0.4, 0.5) is 5.82 Å². The van der Waals surface area contributed by atoms with Crippen molar-refractivity contribution in [3.63, 3.8) is 0 Å². The molecule has 0 saturated carbocycles. The van der Waals surface area contributed by atoms with Gasteiger partial charge in [0.2, 0.25) is 0 Å². The highest BCUT2D eigenvalue weighted by Crippen LogP contribution is 2.08. The number of rotatable bonds is 4. The van der Waals surface area contributed by atoms with Gasteiger partial charge in [-0.3, -0.25) is 0 Å². The normalized spacial score (nSPS) is 8.88. The largest absolute Gasteiger partial charge is 0.464 e. The molecule has 0 aliphatic rings. The lowest BCUT2D eigenvalue weighted by atomic mass is 10.4. The third-order valence-electron chi connectivity index (χ3n) is 1.88. The van der Waals surface area contributed by atoms with E-state index in [4.69, 9.17) is 10.5 Å². The molecule has 1 heterocycles. The molecule has 0 aromatic carbocycles. The average Bonchev–Trinajstić information content (AvgIpc) is 2.38. The minimum Gasteiger partial charge on any atom is -0.464 e. The van der Waals surface area contributed by atoms with Gasteiger partial charge in [-0.05, 0) is 0 Å². The summed E-state index contributed by atoms with van der Waals surface area (Å²) in [6.07, 6.45) is 2.56. The monoisotopic (exact) mass is 231 g/mol. The number of anilines is 1. The standard InChI is InChI=1S/C10H9N5O2/c1-17-10(16)8-6-14-9(7-13-8)15(4-2-11)5-3-12/h6-7H,4-5H2,1H3. The molecule has 0 spiro atoms. The van der Waals surface area contributed by atoms with Crippen LogP contribution >= 0.6 is 0 Å². The van der Waals surface area contributed by atoms with E-state index < -0.39 is 5.97 Å². The summed E-state index contributed by atoms with van der Waals surface area (Å²) in [7, 11) is 1.25. The summed E-state index contributed by atoms with van der Waals surface area (Å²) >= 11 is 0. The van der Waals surface area contributed by atoms with E-state index in [9.17, 15) is 4.79 Å². The molecule has 1 aromatic heterocycles. The van der Waals surface area contributed by atoms with Gasteiger partial charge in [-0.1, -0.05) is 0 Å². The molecule has 0 radical (unpaired) electrons. The number of hydrogen-bond donors (Lipinski definition) is 0. The van der Waals surface area contributed by atoms with Gasteiger partial charge in [0.25, 0.3) is 0 Å². The highest BCUT2D eigenvalue weighted by Gasteiger charge is 2.11. The molecule has 1 aromatic rings. The number of carbonyl (C=O) groups is 1. The molecule has 86 valence electrons. The maximum absolute atomic E-state index is 11.1. The molecule has 0 aliphatic carbocycles. The second-order valence-electron chi connectivity index (χ2n) is 2.92. The van der Waals surface area contributed by atoms with Crippen LogP contribution in [-0.4, -0.2) is 36.1 Å². The second kappa shape index (κ2) is 6.03. The van der Waals surface area contributed by atoms with Crippen molar-refractivity contribution in [2.75, 3.05) is 25.1 Å². The van der Waals surface area contributed by atoms with Crippen LogP contribution in [0.5, 0.6) is 0 Å². The predicted molar refractivity (Wildman–Crippen MR) is 56.8 cm³/mol. The zero-order chi connectivity index (χ0) is 12.7. The number of nitriles is 2. The third kappa shape index (κ3) is 3.14. The van der Waals surface area contributed by atoms with Crippen LogP contribution in [0.2, 0.25) is 0 Å². The maximum Gasteiger partial charge on any atom is 0.358 e. The minimum absolute atomic E-state index is 0.0276. The first kappa shape index (κ1) is 12.4. The number of aromatic nitrogens is 2. The molecule has 7 heteroatoms. The van der Waals surface area contributed by atoms with Gasteiger partial charge in [-0.2, -0.15) is 10.5 Å². The summed E-state index contributed by atoms with van der Waals surface area (Å²) < 4.78 is 4.47. The van der Waals surface area contributed by atoms with Crippen molar-refractivity contribution in [2.24, 2.45) is 0 Å². The Morgan fingerprint density at radius 2 is 2.00 bits per heavy atom. The zero-order valence-electron chi connectivity index (χ0n) is 9.12. The van der Waals surface area contributed by atoms with Crippen molar-refractivity contribution in [1.29, 1.82) is 10.5 Å². The lowest BCUT2D eigenvalue weighted by molar-refractivity contribution is 0.0593. The first-order chi connectivity index (χ1) is 8.22. The van der Waals surface area contributed by atoms with Crippen LogP contribution in [0.15, 0.2) is 12.4 Å². The van der Waals surface area contributed by atoms with Gasteiger partial charge < -0.3 is 9.64 Å². The Balaban J connectivity index is 2.89. The van der Waals surface area contributed by atoms with E-state index in [2.05, 4.69) is 14.7 Å². The molecule has 0 fully saturated rings. The molecule has 0 aliphatic heterocycles. The van der Waals surface area contributed by atoms with E-state index >= 15 is 0 Å². The molecule has 0 amide bonds. The first-order valence-electron chi connectivity index (χ1n) is 4.62. The SMILES string of the molecule is COC(=O)c1cnc(N(CC#N)CC#N)cn1. The molecule has 0 atom stereocenters. The van der Waals surface area contributed by atoms with Crippen LogP contribution in [0.3, 0.4) is 0 Å². The number of nitrogens with zero attached hydrogens (tertiary/aromatic N) is 5. The number of hydrogen-bond acceptors (Lipinski definition) is 7. The van der Waals surface area contributed by atoms with E-state index in [1.54, 1.807) is 0 Å². The highest BCUT2D eigenvalue weighted by molar-refractivity contribution is 5.86. The van der Waals surface area contributed by atoms with Gasteiger partial charge in [-0.25, -0.2) is 14.8 Å². The number of ether oxygens (including phenoxy) is 1. The van der Waals surface area contributed by atoms with Gasteiger partial charge in [0.1, 0.15) is 18.9 Å². The Kier molecular flexibility index (Phi) is 4.40. The Morgan fingerprint density at radius 1 is 1.35 bits per heavy atom. The molecule has 7 nitrogen and oxygen atoms in total. The zero-order valence-corrected chi connectivity index (χ0v) is 9.12. The summed E-state index contributed by atoms with van der Waals surface area (Å²) in [6, 6.07) is 3.83. The Bertz CT molecular complexity index is 455. The third-order valence-corrected chi connectivity index (χ3v) is 1.88. The lowest BCUT2D eigenvalue weighted by Crippen LogP contribution is -2.25. The Morgan fingerprint density at radius 3 is 2.41 bits per heavy atom. The van der Waals surface area contributed by atoms with Crippen molar-refractivity contribution in [2.45, 2.75) is 0 Å². The maximum atomic E-state index is 11.1. The molecular weight excluding hydrogens is 222 g/mol. The first-order valence-corrected chi connectivity index (χ1v) is 4.62. The van der Waals surface area contributed by atoms with Crippen molar-refractivity contribution in [3.05, 3.63) is 18.1 Å². The van der Waals surface area contributed by atoms with E-state index in [0.29, 0.717) is 5.82 Å². The van der Waals surface area contributed by atoms with Crippen molar-refractivity contribution >= 4 is 11.8 Å². The minimum atomic E-state index is -0.587. The van der Waals surface area contributed by atoms with E-state index in [1.807, 2.05) is 12.1 Å². The summed E-state index contributed by atoms with van der Waals surface area (Å²) in [5, 5.41) is 17.2. The van der Waals surface area contributed by atoms with Crippen molar-refractivity contribution < 1.29 is 9.53 Å². The Labute approximate surface area is 97.9 Å². The molecule has 0 N–H and O–H groups in total. The smallest absolute Gasteiger partial charge is 0.358 e. The quantitative estimate of drug-likeness (QED) is 0.535. The van der Waals surface area contributed by atoms with Gasteiger partial charge in [0.05, 0.1) is 31.6 Å². The van der Waals surface area contributed by atoms with E-state index in [-0.39, 0.29) is 18.8 Å².